The molecular formula is C13H22NOPS2. The van der Waals surface area contributed by atoms with Gasteiger partial charge < -0.3 is 4.57 Å². The first-order chi connectivity index (χ1) is 8.70. The Kier molecular flexibility index (Phi) is 8.12. The van der Waals surface area contributed by atoms with Gasteiger partial charge in [-0.25, -0.2) is 4.98 Å². The van der Waals surface area contributed by atoms with Crippen LogP contribution in [0.4, 0.5) is 0 Å². The molecule has 0 aliphatic rings. The van der Waals surface area contributed by atoms with Crippen LogP contribution < -0.4 is 0 Å². The molecule has 0 N–H and O–H groups in total. The Labute approximate surface area is 119 Å². The molecule has 0 spiro atoms. The predicted molar refractivity (Wildman–Crippen MR) is 85.3 cm³/mol. The monoisotopic (exact) mass is 303 g/mol. The molecule has 0 atom stereocenters. The molecule has 5 heteroatoms. The maximum absolute atomic E-state index is 12.6. The summed E-state index contributed by atoms with van der Waals surface area (Å²) in [7, 11) is 1.55. The summed E-state index contributed by atoms with van der Waals surface area (Å²) in [5, 5.41) is 1.03. The van der Waals surface area contributed by atoms with Gasteiger partial charge in [-0.3, -0.25) is 0 Å². The van der Waals surface area contributed by atoms with E-state index in [-0.39, 0.29) is 0 Å². The number of aromatic nitrogens is 1. The van der Waals surface area contributed by atoms with Crippen molar-refractivity contribution in [3.63, 3.8) is 0 Å². The van der Waals surface area contributed by atoms with Gasteiger partial charge in [0.25, 0.3) is 0 Å². The van der Waals surface area contributed by atoms with Crippen LogP contribution in [0.25, 0.3) is 0 Å². The SMILES string of the molecule is CCCP(=O)(CCC)CCSSc1ccccn1. The molecule has 18 heavy (non-hydrogen) atoms. The van der Waals surface area contributed by atoms with Crippen LogP contribution in [0.1, 0.15) is 26.7 Å². The first-order valence-corrected chi connectivity index (χ1v) is 11.1. The van der Waals surface area contributed by atoms with Crippen LogP contribution >= 0.6 is 28.7 Å². The fraction of sp³-hybridized carbons (Fsp3) is 0.615. The Hall–Kier alpha value is 0.0800. The normalized spacial score (nSPS) is 11.7. The van der Waals surface area contributed by atoms with Crippen molar-refractivity contribution >= 4 is 28.7 Å². The average molecular weight is 303 g/mol. The van der Waals surface area contributed by atoms with E-state index in [1.807, 2.05) is 24.4 Å². The Bertz CT molecular complexity index is 363. The molecule has 1 aromatic rings. The summed E-state index contributed by atoms with van der Waals surface area (Å²) in [4.78, 5) is 4.26. The third kappa shape index (κ3) is 6.31. The Morgan fingerprint density at radius 2 is 1.89 bits per heavy atom. The highest BCUT2D eigenvalue weighted by atomic mass is 33.1. The van der Waals surface area contributed by atoms with E-state index in [2.05, 4.69) is 18.8 Å². The van der Waals surface area contributed by atoms with Gasteiger partial charge in [0, 0.05) is 30.4 Å². The summed E-state index contributed by atoms with van der Waals surface area (Å²) in [5.41, 5.74) is 0. The van der Waals surface area contributed by atoms with E-state index in [0.717, 1.165) is 42.1 Å². The van der Waals surface area contributed by atoms with Crippen LogP contribution in [0, 0.1) is 0 Å². The van der Waals surface area contributed by atoms with Gasteiger partial charge in [0.15, 0.2) is 0 Å². The van der Waals surface area contributed by atoms with Crippen molar-refractivity contribution in [2.45, 2.75) is 31.7 Å². The van der Waals surface area contributed by atoms with Gasteiger partial charge in [-0.1, -0.05) is 30.7 Å². The summed E-state index contributed by atoms with van der Waals surface area (Å²) < 4.78 is 12.6. The molecule has 2 nitrogen and oxygen atoms in total. The van der Waals surface area contributed by atoms with Gasteiger partial charge >= 0.3 is 0 Å². The Balaban J connectivity index is 2.29. The van der Waals surface area contributed by atoms with Crippen LogP contribution in [0.3, 0.4) is 0 Å². The van der Waals surface area contributed by atoms with Crippen LogP contribution in [0.5, 0.6) is 0 Å². The number of hydrogen-bond donors (Lipinski definition) is 0. The quantitative estimate of drug-likeness (QED) is 0.364. The van der Waals surface area contributed by atoms with Gasteiger partial charge in [-0.15, -0.1) is 0 Å². The molecule has 0 fully saturated rings. The summed E-state index contributed by atoms with van der Waals surface area (Å²) in [6.45, 7) is 4.25. The second-order valence-corrected chi connectivity index (χ2v) is 10.2. The number of rotatable bonds is 9. The molecule has 0 aliphatic carbocycles. The highest BCUT2D eigenvalue weighted by Gasteiger charge is 2.19. The van der Waals surface area contributed by atoms with Gasteiger partial charge in [-0.05, 0) is 35.8 Å². The predicted octanol–water partition coefficient (Wildman–Crippen LogP) is 5.01. The minimum Gasteiger partial charge on any atom is -0.324 e. The standard InChI is InChI=1S/C13H22NOPS2/c1-3-9-16(15,10-4-2)11-12-17-18-13-7-5-6-8-14-13/h5-8H,3-4,9-12H2,1-2H3. The fourth-order valence-corrected chi connectivity index (χ4v) is 7.80. The number of pyridine rings is 1. The van der Waals surface area contributed by atoms with E-state index >= 15 is 0 Å². The molecule has 0 amide bonds. The molecule has 0 radical (unpaired) electrons. The highest BCUT2D eigenvalue weighted by Crippen LogP contribution is 2.48. The van der Waals surface area contributed by atoms with Crippen molar-refractivity contribution < 1.29 is 4.57 Å². The summed E-state index contributed by atoms with van der Waals surface area (Å²) >= 11 is 0. The molecule has 0 aliphatic heterocycles. The average Bonchev–Trinajstić information content (AvgIpc) is 2.37. The maximum Gasteiger partial charge on any atom is 0.106 e. The first-order valence-electron chi connectivity index (χ1n) is 6.48. The van der Waals surface area contributed by atoms with Crippen molar-refractivity contribution in [2.24, 2.45) is 0 Å². The molecule has 0 aromatic carbocycles. The van der Waals surface area contributed by atoms with Crippen LogP contribution in [-0.4, -0.2) is 29.2 Å². The third-order valence-electron chi connectivity index (χ3n) is 2.63. The Morgan fingerprint density at radius 3 is 2.44 bits per heavy atom. The fourth-order valence-electron chi connectivity index (χ4n) is 1.85. The van der Waals surface area contributed by atoms with Crippen molar-refractivity contribution in [1.29, 1.82) is 0 Å². The van der Waals surface area contributed by atoms with Gasteiger partial charge in [0.2, 0.25) is 0 Å². The van der Waals surface area contributed by atoms with E-state index in [1.165, 1.54) is 0 Å². The molecule has 1 heterocycles. The Morgan fingerprint density at radius 1 is 1.17 bits per heavy atom. The maximum atomic E-state index is 12.6. The largest absolute Gasteiger partial charge is 0.324 e. The van der Waals surface area contributed by atoms with E-state index in [9.17, 15) is 4.57 Å². The lowest BCUT2D eigenvalue weighted by atomic mass is 10.5. The molecule has 1 rings (SSSR count). The smallest absolute Gasteiger partial charge is 0.106 e. The second-order valence-electron chi connectivity index (χ2n) is 4.30. The van der Waals surface area contributed by atoms with E-state index in [1.54, 1.807) is 21.6 Å². The highest BCUT2D eigenvalue weighted by molar-refractivity contribution is 8.76. The molecule has 1 aromatic heterocycles. The first kappa shape index (κ1) is 16.1. The molecule has 0 bridgehead atoms. The summed E-state index contributed by atoms with van der Waals surface area (Å²) in [6, 6.07) is 5.93. The topological polar surface area (TPSA) is 30.0 Å². The second kappa shape index (κ2) is 9.06. The van der Waals surface area contributed by atoms with Gasteiger partial charge in [-0.2, -0.15) is 0 Å². The van der Waals surface area contributed by atoms with Crippen molar-refractivity contribution in [2.75, 3.05) is 24.2 Å². The molecule has 0 unspecified atom stereocenters. The zero-order valence-corrected chi connectivity index (χ0v) is 13.7. The minimum absolute atomic E-state index is 0.874. The van der Waals surface area contributed by atoms with Crippen molar-refractivity contribution in [3.05, 3.63) is 24.4 Å². The lowest BCUT2D eigenvalue weighted by Gasteiger charge is -2.16. The van der Waals surface area contributed by atoms with Crippen molar-refractivity contribution in [3.8, 4) is 0 Å². The molecule has 0 saturated heterocycles. The van der Waals surface area contributed by atoms with Crippen molar-refractivity contribution in [1.82, 2.24) is 4.98 Å². The van der Waals surface area contributed by atoms with Gasteiger partial charge in [0.1, 0.15) is 5.03 Å². The van der Waals surface area contributed by atoms with E-state index in [0.29, 0.717) is 0 Å². The van der Waals surface area contributed by atoms with E-state index in [4.69, 9.17) is 0 Å². The lowest BCUT2D eigenvalue weighted by Crippen LogP contribution is -2.01. The third-order valence-corrected chi connectivity index (χ3v) is 8.76. The van der Waals surface area contributed by atoms with Crippen LogP contribution in [-0.2, 0) is 4.57 Å². The molecule has 102 valence electrons. The number of nitrogens with zero attached hydrogens (tertiary/aromatic N) is 1. The zero-order chi connectivity index (χ0) is 13.3. The van der Waals surface area contributed by atoms with Gasteiger partial charge in [0.05, 0.1) is 7.14 Å². The molecular weight excluding hydrogens is 281 g/mol. The van der Waals surface area contributed by atoms with Crippen LogP contribution in [0.2, 0.25) is 0 Å². The van der Waals surface area contributed by atoms with Crippen LogP contribution in [0.15, 0.2) is 29.4 Å². The number of hydrogen-bond acceptors (Lipinski definition) is 4. The minimum atomic E-state index is -1.90. The lowest BCUT2D eigenvalue weighted by molar-refractivity contribution is 0.573. The van der Waals surface area contributed by atoms with E-state index < -0.39 is 7.14 Å². The summed E-state index contributed by atoms with van der Waals surface area (Å²) in [6.07, 6.45) is 6.58. The summed E-state index contributed by atoms with van der Waals surface area (Å²) in [5.74, 6) is 0.957. The molecule has 0 saturated carbocycles. The zero-order valence-electron chi connectivity index (χ0n) is 11.2.